The van der Waals surface area contributed by atoms with E-state index in [1.54, 1.807) is 6.42 Å². The minimum Gasteiger partial charge on any atom is -0.348 e. The molecule has 0 aromatic carbocycles. The molecule has 0 aliphatic carbocycles. The molecule has 1 rings (SSSR count). The van der Waals surface area contributed by atoms with E-state index in [2.05, 4.69) is 39.8 Å². The number of nitrogens with zero attached hydrogens (tertiary/aromatic N) is 3. The third-order valence-corrected chi connectivity index (χ3v) is 1.59. The number of tetrazole rings is 1. The van der Waals surface area contributed by atoms with Gasteiger partial charge in [0.2, 0.25) is 5.91 Å². The number of H-pyrrole nitrogens is 1. The highest BCUT2D eigenvalue weighted by Crippen LogP contribution is 2.01. The summed E-state index contributed by atoms with van der Waals surface area (Å²) in [5, 5.41) is 15.7. The van der Waals surface area contributed by atoms with E-state index >= 15 is 0 Å². The maximum atomic E-state index is 11.2. The van der Waals surface area contributed by atoms with E-state index < -0.39 is 0 Å². The molecule has 0 aliphatic rings. The fourth-order valence-electron chi connectivity index (χ4n) is 0.839. The van der Waals surface area contributed by atoms with Gasteiger partial charge in [-0.25, -0.2) is 5.10 Å². The van der Waals surface area contributed by atoms with Crippen LogP contribution in [0.3, 0.4) is 0 Å². The first kappa shape index (κ1) is 10.6. The lowest BCUT2D eigenvalue weighted by atomic mass is 10.1. The SMILES string of the molecule is CC(C)C[CH]C(=O)NCc1nnn[nH]1. The van der Waals surface area contributed by atoms with Crippen molar-refractivity contribution < 1.29 is 4.79 Å². The number of hydrogen-bond acceptors (Lipinski definition) is 4. The van der Waals surface area contributed by atoms with E-state index in [4.69, 9.17) is 0 Å². The molecule has 0 saturated heterocycles. The molecule has 77 valence electrons. The molecule has 0 unspecified atom stereocenters. The molecule has 0 bridgehead atoms. The molecule has 0 aliphatic heterocycles. The Morgan fingerprint density at radius 1 is 1.64 bits per heavy atom. The molecular weight excluding hydrogens is 182 g/mol. The number of aromatic nitrogens is 4. The van der Waals surface area contributed by atoms with Gasteiger partial charge in [0.15, 0.2) is 5.82 Å². The third-order valence-electron chi connectivity index (χ3n) is 1.59. The van der Waals surface area contributed by atoms with E-state index in [1.807, 2.05) is 0 Å². The highest BCUT2D eigenvalue weighted by Gasteiger charge is 2.04. The fraction of sp³-hybridized carbons (Fsp3) is 0.625. The van der Waals surface area contributed by atoms with Crippen LogP contribution in [0.5, 0.6) is 0 Å². The maximum absolute atomic E-state index is 11.2. The molecule has 0 saturated carbocycles. The average Bonchev–Trinajstić information content (AvgIpc) is 2.63. The molecule has 6 nitrogen and oxygen atoms in total. The van der Waals surface area contributed by atoms with Crippen molar-refractivity contribution in [3.8, 4) is 0 Å². The summed E-state index contributed by atoms with van der Waals surface area (Å²) < 4.78 is 0. The molecule has 2 N–H and O–H groups in total. The second-order valence-electron chi connectivity index (χ2n) is 3.40. The second kappa shape index (κ2) is 5.31. The zero-order valence-corrected chi connectivity index (χ0v) is 8.32. The summed E-state index contributed by atoms with van der Waals surface area (Å²) in [6, 6.07) is 0. The Bertz CT molecular complexity index is 269. The number of hydrogen-bond donors (Lipinski definition) is 2. The van der Waals surface area contributed by atoms with Crippen molar-refractivity contribution in [1.29, 1.82) is 0 Å². The van der Waals surface area contributed by atoms with Crippen LogP contribution in [0.1, 0.15) is 26.1 Å². The Morgan fingerprint density at radius 2 is 2.43 bits per heavy atom. The van der Waals surface area contributed by atoms with Gasteiger partial charge in [0.1, 0.15) is 0 Å². The molecule has 0 spiro atoms. The van der Waals surface area contributed by atoms with Crippen LogP contribution in [0, 0.1) is 12.3 Å². The standard InChI is InChI=1S/C8H14N5O/c1-6(2)3-4-8(14)9-5-7-10-12-13-11-7/h4,6H,3,5H2,1-2H3,(H,9,14)(H,10,11,12,13). The summed E-state index contributed by atoms with van der Waals surface area (Å²) in [7, 11) is 0. The molecule has 1 aromatic rings. The summed E-state index contributed by atoms with van der Waals surface area (Å²) >= 11 is 0. The van der Waals surface area contributed by atoms with Gasteiger partial charge in [-0.1, -0.05) is 13.8 Å². The van der Waals surface area contributed by atoms with Crippen LogP contribution in [0.25, 0.3) is 0 Å². The predicted molar refractivity (Wildman–Crippen MR) is 49.8 cm³/mol. The minimum atomic E-state index is -0.0879. The zero-order valence-electron chi connectivity index (χ0n) is 8.32. The minimum absolute atomic E-state index is 0.0879. The van der Waals surface area contributed by atoms with Crippen LogP contribution in [0.4, 0.5) is 0 Å². The first-order valence-corrected chi connectivity index (χ1v) is 4.52. The van der Waals surface area contributed by atoms with Gasteiger partial charge in [-0.2, -0.15) is 0 Å². The van der Waals surface area contributed by atoms with Gasteiger partial charge in [-0.05, 0) is 22.8 Å². The normalized spacial score (nSPS) is 10.5. The zero-order chi connectivity index (χ0) is 10.4. The van der Waals surface area contributed by atoms with Gasteiger partial charge < -0.3 is 5.32 Å². The van der Waals surface area contributed by atoms with Crippen LogP contribution in [-0.4, -0.2) is 26.5 Å². The lowest BCUT2D eigenvalue weighted by Gasteiger charge is -2.04. The van der Waals surface area contributed by atoms with E-state index in [9.17, 15) is 4.79 Å². The van der Waals surface area contributed by atoms with E-state index in [1.165, 1.54) is 0 Å². The molecule has 1 amide bonds. The lowest BCUT2D eigenvalue weighted by molar-refractivity contribution is -0.118. The van der Waals surface area contributed by atoms with Crippen molar-refractivity contribution in [2.45, 2.75) is 26.8 Å². The first-order valence-electron chi connectivity index (χ1n) is 4.52. The Hall–Kier alpha value is -1.46. The summed E-state index contributed by atoms with van der Waals surface area (Å²) in [5.41, 5.74) is 0. The van der Waals surface area contributed by atoms with Crippen LogP contribution in [-0.2, 0) is 11.3 Å². The van der Waals surface area contributed by atoms with Crippen molar-refractivity contribution >= 4 is 5.91 Å². The third kappa shape index (κ3) is 3.97. The lowest BCUT2D eigenvalue weighted by Crippen LogP contribution is -2.24. The molecule has 1 radical (unpaired) electrons. The molecule has 14 heavy (non-hydrogen) atoms. The number of carbonyl (C=O) groups excluding carboxylic acids is 1. The van der Waals surface area contributed by atoms with Crippen molar-refractivity contribution in [1.82, 2.24) is 25.9 Å². The van der Waals surface area contributed by atoms with E-state index in [0.29, 0.717) is 18.3 Å². The fourth-order valence-corrected chi connectivity index (χ4v) is 0.839. The highest BCUT2D eigenvalue weighted by molar-refractivity contribution is 5.84. The molecule has 0 atom stereocenters. The van der Waals surface area contributed by atoms with Crippen LogP contribution in [0.2, 0.25) is 0 Å². The summed E-state index contributed by atoms with van der Waals surface area (Å²) in [6.45, 7) is 4.45. The van der Waals surface area contributed by atoms with Crippen molar-refractivity contribution in [2.75, 3.05) is 0 Å². The molecule has 1 aromatic heterocycles. The highest BCUT2D eigenvalue weighted by atomic mass is 16.1. The largest absolute Gasteiger partial charge is 0.348 e. The number of aromatic amines is 1. The van der Waals surface area contributed by atoms with Gasteiger partial charge in [0, 0.05) is 6.42 Å². The number of carbonyl (C=O) groups is 1. The molecule has 0 fully saturated rings. The smallest absolute Gasteiger partial charge is 0.224 e. The quantitative estimate of drug-likeness (QED) is 0.697. The number of nitrogens with one attached hydrogen (secondary N) is 2. The van der Waals surface area contributed by atoms with Gasteiger partial charge in [-0.3, -0.25) is 4.79 Å². The van der Waals surface area contributed by atoms with Gasteiger partial charge in [0.05, 0.1) is 6.54 Å². The van der Waals surface area contributed by atoms with Crippen molar-refractivity contribution in [3.05, 3.63) is 12.2 Å². The molecule has 1 heterocycles. The molecular formula is C8H14N5O. The average molecular weight is 196 g/mol. The summed E-state index contributed by atoms with van der Waals surface area (Å²) in [6.07, 6.45) is 2.41. The maximum Gasteiger partial charge on any atom is 0.224 e. The second-order valence-corrected chi connectivity index (χ2v) is 3.40. The Labute approximate surface area is 82.5 Å². The number of rotatable bonds is 5. The first-order chi connectivity index (χ1) is 6.68. The topological polar surface area (TPSA) is 83.6 Å². The van der Waals surface area contributed by atoms with E-state index in [-0.39, 0.29) is 5.91 Å². The van der Waals surface area contributed by atoms with E-state index in [0.717, 1.165) is 6.42 Å². The monoisotopic (exact) mass is 196 g/mol. The Balaban J connectivity index is 2.15. The van der Waals surface area contributed by atoms with Crippen LogP contribution in [0.15, 0.2) is 0 Å². The number of amides is 1. The van der Waals surface area contributed by atoms with Gasteiger partial charge >= 0.3 is 0 Å². The van der Waals surface area contributed by atoms with Gasteiger partial charge in [-0.15, -0.1) is 5.10 Å². The van der Waals surface area contributed by atoms with Crippen LogP contribution < -0.4 is 5.32 Å². The predicted octanol–water partition coefficient (Wildman–Crippen LogP) is 0.0663. The molecule has 6 heteroatoms. The van der Waals surface area contributed by atoms with Gasteiger partial charge in [0.25, 0.3) is 0 Å². The summed E-state index contributed by atoms with van der Waals surface area (Å²) in [5.74, 6) is 0.957. The Morgan fingerprint density at radius 3 is 3.00 bits per heavy atom. The van der Waals surface area contributed by atoms with Crippen LogP contribution >= 0.6 is 0 Å². The Kier molecular flexibility index (Phi) is 4.03. The van der Waals surface area contributed by atoms with Crippen molar-refractivity contribution in [2.24, 2.45) is 5.92 Å². The summed E-state index contributed by atoms with van der Waals surface area (Å²) in [4.78, 5) is 11.2. The van der Waals surface area contributed by atoms with Crippen molar-refractivity contribution in [3.63, 3.8) is 0 Å².